The van der Waals surface area contributed by atoms with E-state index in [9.17, 15) is 4.79 Å². The largest absolute Gasteiger partial charge is 0.466 e. The van der Waals surface area contributed by atoms with Crippen LogP contribution in [0.1, 0.15) is 24.8 Å². The van der Waals surface area contributed by atoms with Crippen molar-refractivity contribution in [3.05, 3.63) is 47.5 Å². The maximum atomic E-state index is 11.2. The molecule has 1 aromatic rings. The fourth-order valence-corrected chi connectivity index (χ4v) is 2.10. The molecule has 0 heterocycles. The third-order valence-corrected chi connectivity index (χ3v) is 3.31. The van der Waals surface area contributed by atoms with Gasteiger partial charge in [0.05, 0.1) is 7.11 Å². The number of carbonyl (C=O) groups is 1. The number of ether oxygens (including phenoxy) is 1. The number of methoxy groups -OCH3 is 1. The second-order valence-corrected chi connectivity index (χ2v) is 4.65. The van der Waals surface area contributed by atoms with E-state index in [1.165, 1.54) is 19.1 Å². The number of benzene rings is 1. The predicted octanol–water partition coefficient (Wildman–Crippen LogP) is 2.25. The Morgan fingerprint density at radius 1 is 1.44 bits per heavy atom. The zero-order chi connectivity index (χ0) is 13.0. The van der Waals surface area contributed by atoms with Crippen molar-refractivity contribution in [2.24, 2.45) is 0 Å². The number of rotatable bonds is 5. The Bertz CT molecular complexity index is 439. The highest BCUT2D eigenvalue weighted by Gasteiger charge is 2.37. The van der Waals surface area contributed by atoms with Crippen LogP contribution in [-0.2, 0) is 9.53 Å². The highest BCUT2D eigenvalue weighted by Crippen LogP contribution is 2.40. The fourth-order valence-electron chi connectivity index (χ4n) is 2.10. The predicted molar refractivity (Wildman–Crippen MR) is 71.4 cm³/mol. The average molecular weight is 245 g/mol. The molecule has 0 bridgehead atoms. The van der Waals surface area contributed by atoms with Gasteiger partial charge in [0.1, 0.15) is 0 Å². The molecular weight excluding hydrogens is 226 g/mol. The van der Waals surface area contributed by atoms with Crippen molar-refractivity contribution in [1.82, 2.24) is 5.32 Å². The van der Waals surface area contributed by atoms with Gasteiger partial charge in [-0.3, -0.25) is 0 Å². The highest BCUT2D eigenvalue weighted by molar-refractivity contribution is 5.87. The van der Waals surface area contributed by atoms with Gasteiger partial charge in [-0.05, 0) is 18.9 Å². The van der Waals surface area contributed by atoms with E-state index in [2.05, 4.69) is 34.3 Å². The number of nitrogens with one attached hydrogen (secondary N) is 1. The highest BCUT2D eigenvalue weighted by atomic mass is 16.5. The Morgan fingerprint density at radius 3 is 2.83 bits per heavy atom. The molecule has 1 fully saturated rings. The molecule has 2 rings (SSSR count). The Morgan fingerprint density at radius 2 is 2.17 bits per heavy atom. The van der Waals surface area contributed by atoms with Gasteiger partial charge < -0.3 is 10.1 Å². The van der Waals surface area contributed by atoms with Crippen LogP contribution in [0.25, 0.3) is 0 Å². The molecule has 2 atom stereocenters. The lowest BCUT2D eigenvalue weighted by atomic mass is 10.1. The second-order valence-electron chi connectivity index (χ2n) is 4.65. The fraction of sp³-hybridized carbons (Fsp3) is 0.400. The lowest BCUT2D eigenvalue weighted by molar-refractivity contribution is -0.136. The summed E-state index contributed by atoms with van der Waals surface area (Å²) in [6.07, 6.45) is 3.06. The van der Waals surface area contributed by atoms with Gasteiger partial charge in [-0.15, -0.1) is 0 Å². The molecule has 3 nitrogen and oxygen atoms in total. The van der Waals surface area contributed by atoms with Crippen LogP contribution in [0.15, 0.2) is 42.0 Å². The quantitative estimate of drug-likeness (QED) is 0.638. The Hall–Kier alpha value is -1.61. The molecule has 1 aliphatic rings. The molecule has 18 heavy (non-hydrogen) atoms. The van der Waals surface area contributed by atoms with Crippen LogP contribution in [-0.4, -0.2) is 25.7 Å². The van der Waals surface area contributed by atoms with Gasteiger partial charge in [0.15, 0.2) is 0 Å². The third kappa shape index (κ3) is 3.20. The van der Waals surface area contributed by atoms with Crippen molar-refractivity contribution in [3.63, 3.8) is 0 Å². The van der Waals surface area contributed by atoms with E-state index in [1.54, 1.807) is 6.92 Å². The second kappa shape index (κ2) is 5.83. The van der Waals surface area contributed by atoms with Gasteiger partial charge in [-0.2, -0.15) is 0 Å². The summed E-state index contributed by atoms with van der Waals surface area (Å²) < 4.78 is 4.64. The van der Waals surface area contributed by atoms with Crippen LogP contribution < -0.4 is 5.32 Å². The van der Waals surface area contributed by atoms with Crippen molar-refractivity contribution >= 4 is 5.97 Å². The van der Waals surface area contributed by atoms with Gasteiger partial charge in [0.2, 0.25) is 0 Å². The number of esters is 1. The molecule has 3 heteroatoms. The molecule has 1 aliphatic carbocycles. The molecule has 0 radical (unpaired) electrons. The lowest BCUT2D eigenvalue weighted by Crippen LogP contribution is -2.18. The first-order valence-corrected chi connectivity index (χ1v) is 6.25. The molecule has 2 unspecified atom stereocenters. The number of hydrogen-bond donors (Lipinski definition) is 1. The Balaban J connectivity index is 1.76. The van der Waals surface area contributed by atoms with Crippen molar-refractivity contribution in [2.75, 3.05) is 13.7 Å². The minimum atomic E-state index is -0.257. The van der Waals surface area contributed by atoms with E-state index in [0.29, 0.717) is 17.5 Å². The summed E-state index contributed by atoms with van der Waals surface area (Å²) in [6.45, 7) is 2.49. The van der Waals surface area contributed by atoms with E-state index >= 15 is 0 Å². The minimum Gasteiger partial charge on any atom is -0.466 e. The number of hydrogen-bond acceptors (Lipinski definition) is 3. The summed E-state index contributed by atoms with van der Waals surface area (Å²) in [5.41, 5.74) is 2.05. The summed E-state index contributed by atoms with van der Waals surface area (Å²) in [7, 11) is 1.40. The Kier molecular flexibility index (Phi) is 4.15. The van der Waals surface area contributed by atoms with E-state index < -0.39 is 0 Å². The zero-order valence-electron chi connectivity index (χ0n) is 10.8. The van der Waals surface area contributed by atoms with E-state index in [0.717, 1.165) is 6.54 Å². The van der Waals surface area contributed by atoms with E-state index in [-0.39, 0.29) is 5.97 Å². The van der Waals surface area contributed by atoms with Crippen molar-refractivity contribution < 1.29 is 9.53 Å². The van der Waals surface area contributed by atoms with E-state index in [1.807, 2.05) is 12.1 Å². The van der Waals surface area contributed by atoms with Gasteiger partial charge in [-0.1, -0.05) is 36.4 Å². The van der Waals surface area contributed by atoms with Crippen LogP contribution in [0.5, 0.6) is 0 Å². The van der Waals surface area contributed by atoms with Crippen molar-refractivity contribution in [2.45, 2.75) is 25.3 Å². The summed E-state index contributed by atoms with van der Waals surface area (Å²) in [4.78, 5) is 11.2. The Labute approximate surface area is 108 Å². The van der Waals surface area contributed by atoms with Crippen LogP contribution in [0.3, 0.4) is 0 Å². The van der Waals surface area contributed by atoms with Crippen molar-refractivity contribution in [3.8, 4) is 0 Å². The van der Waals surface area contributed by atoms with Gasteiger partial charge >= 0.3 is 5.97 Å². The van der Waals surface area contributed by atoms with Crippen LogP contribution in [0.2, 0.25) is 0 Å². The molecule has 0 amide bonds. The zero-order valence-corrected chi connectivity index (χ0v) is 10.8. The molecule has 0 saturated heterocycles. The molecule has 0 aromatic heterocycles. The third-order valence-electron chi connectivity index (χ3n) is 3.31. The summed E-state index contributed by atoms with van der Waals surface area (Å²) in [6, 6.07) is 11.1. The first kappa shape index (κ1) is 12.8. The standard InChI is InChI=1S/C15H19NO2/c1-11(15(17)18-2)8-9-16-14-10-13(14)12-6-4-3-5-7-12/h3-8,13-14,16H,9-10H2,1-2H3/b11-8+. The molecular formula is C15H19NO2. The molecule has 0 aliphatic heterocycles. The summed E-state index contributed by atoms with van der Waals surface area (Å²) in [5.74, 6) is 0.366. The lowest BCUT2D eigenvalue weighted by Gasteiger charge is -2.02. The normalized spacial score (nSPS) is 22.7. The maximum Gasteiger partial charge on any atom is 0.333 e. The van der Waals surface area contributed by atoms with E-state index in [4.69, 9.17) is 0 Å². The van der Waals surface area contributed by atoms with Gasteiger partial charge in [0, 0.05) is 24.1 Å². The van der Waals surface area contributed by atoms with Gasteiger partial charge in [-0.25, -0.2) is 4.79 Å². The topological polar surface area (TPSA) is 38.3 Å². The molecule has 96 valence electrons. The van der Waals surface area contributed by atoms with Crippen molar-refractivity contribution in [1.29, 1.82) is 0 Å². The molecule has 1 N–H and O–H groups in total. The number of carbonyl (C=O) groups excluding carboxylic acids is 1. The van der Waals surface area contributed by atoms with Gasteiger partial charge in [0.25, 0.3) is 0 Å². The SMILES string of the molecule is COC(=O)/C(C)=C/CNC1CC1c1ccccc1. The van der Waals surface area contributed by atoms with Crippen LogP contribution in [0, 0.1) is 0 Å². The maximum absolute atomic E-state index is 11.2. The summed E-state index contributed by atoms with van der Waals surface area (Å²) >= 11 is 0. The molecule has 1 aromatic carbocycles. The first-order chi connectivity index (χ1) is 8.72. The smallest absolute Gasteiger partial charge is 0.333 e. The monoisotopic (exact) mass is 245 g/mol. The molecule has 0 spiro atoms. The first-order valence-electron chi connectivity index (χ1n) is 6.25. The summed E-state index contributed by atoms with van der Waals surface area (Å²) in [5, 5.41) is 3.43. The van der Waals surface area contributed by atoms with Crippen LogP contribution in [0.4, 0.5) is 0 Å². The average Bonchev–Trinajstić information content (AvgIpc) is 3.18. The molecule has 1 saturated carbocycles. The van der Waals surface area contributed by atoms with Crippen LogP contribution >= 0.6 is 0 Å². The minimum absolute atomic E-state index is 0.257.